The summed E-state index contributed by atoms with van der Waals surface area (Å²) in [7, 11) is 0. The van der Waals surface area contributed by atoms with Crippen LogP contribution in [0.25, 0.3) is 10.9 Å². The highest BCUT2D eigenvalue weighted by atomic mass is 16.2. The Hall–Kier alpha value is -1.77. The summed E-state index contributed by atoms with van der Waals surface area (Å²) in [6, 6.07) is 8.33. The third-order valence-corrected chi connectivity index (χ3v) is 4.19. The summed E-state index contributed by atoms with van der Waals surface area (Å²) in [5, 5.41) is 1.03. The van der Waals surface area contributed by atoms with Crippen molar-refractivity contribution in [1.82, 2.24) is 9.88 Å². The summed E-state index contributed by atoms with van der Waals surface area (Å²) in [6.45, 7) is 2.87. The second kappa shape index (κ2) is 5.08. The Morgan fingerprint density at radius 3 is 2.84 bits per heavy atom. The standard InChI is InChI=1S/C16H20N2O/c1-2-18(12-6-3-4-7-12)16(19)14-8-5-9-15-13(14)10-11-17-15/h5,8-12,17H,2-4,6-7H2,1H3. The van der Waals surface area contributed by atoms with E-state index in [1.54, 1.807) is 0 Å². The zero-order valence-corrected chi connectivity index (χ0v) is 11.4. The normalized spacial score (nSPS) is 16.1. The number of benzene rings is 1. The fraction of sp³-hybridized carbons (Fsp3) is 0.438. The van der Waals surface area contributed by atoms with Gasteiger partial charge in [-0.2, -0.15) is 0 Å². The Balaban J connectivity index is 1.95. The minimum atomic E-state index is 0.180. The van der Waals surface area contributed by atoms with Gasteiger partial charge in [0.25, 0.3) is 5.91 Å². The highest BCUT2D eigenvalue weighted by molar-refractivity contribution is 6.06. The first-order chi connectivity index (χ1) is 9.31. The number of hydrogen-bond acceptors (Lipinski definition) is 1. The molecule has 0 atom stereocenters. The van der Waals surface area contributed by atoms with Crippen LogP contribution in [0.2, 0.25) is 0 Å². The number of nitrogens with one attached hydrogen (secondary N) is 1. The van der Waals surface area contributed by atoms with Crippen molar-refractivity contribution in [3.63, 3.8) is 0 Å². The molecule has 0 saturated heterocycles. The van der Waals surface area contributed by atoms with E-state index in [0.29, 0.717) is 6.04 Å². The molecule has 0 unspecified atom stereocenters. The molecule has 0 bridgehead atoms. The van der Waals surface area contributed by atoms with Gasteiger partial charge in [-0.15, -0.1) is 0 Å². The molecule has 1 N–H and O–H groups in total. The number of H-pyrrole nitrogens is 1. The average molecular weight is 256 g/mol. The van der Waals surface area contributed by atoms with E-state index in [2.05, 4.69) is 16.8 Å². The number of nitrogens with zero attached hydrogens (tertiary/aromatic N) is 1. The van der Waals surface area contributed by atoms with Crippen molar-refractivity contribution in [3.8, 4) is 0 Å². The van der Waals surface area contributed by atoms with Crippen LogP contribution in [0.4, 0.5) is 0 Å². The van der Waals surface area contributed by atoms with E-state index in [4.69, 9.17) is 0 Å². The zero-order valence-electron chi connectivity index (χ0n) is 11.4. The topological polar surface area (TPSA) is 36.1 Å². The predicted molar refractivity (Wildman–Crippen MR) is 77.3 cm³/mol. The second-order valence-corrected chi connectivity index (χ2v) is 5.27. The van der Waals surface area contributed by atoms with Gasteiger partial charge in [0, 0.05) is 35.2 Å². The van der Waals surface area contributed by atoms with Crippen molar-refractivity contribution in [3.05, 3.63) is 36.0 Å². The fourth-order valence-electron chi connectivity index (χ4n) is 3.21. The smallest absolute Gasteiger partial charge is 0.254 e. The van der Waals surface area contributed by atoms with Gasteiger partial charge < -0.3 is 9.88 Å². The molecule has 3 heteroatoms. The molecule has 1 aromatic carbocycles. The summed E-state index contributed by atoms with van der Waals surface area (Å²) in [5.74, 6) is 0.180. The van der Waals surface area contributed by atoms with Crippen LogP contribution in [0.1, 0.15) is 43.0 Å². The summed E-state index contributed by atoms with van der Waals surface area (Å²) < 4.78 is 0. The molecule has 1 aromatic heterocycles. The largest absolute Gasteiger partial charge is 0.361 e. The number of fused-ring (bicyclic) bond motifs is 1. The number of hydrogen-bond donors (Lipinski definition) is 1. The number of amides is 1. The van der Waals surface area contributed by atoms with Crippen LogP contribution in [-0.2, 0) is 0 Å². The number of rotatable bonds is 3. The maximum absolute atomic E-state index is 12.8. The van der Waals surface area contributed by atoms with Gasteiger partial charge in [-0.25, -0.2) is 0 Å². The highest BCUT2D eigenvalue weighted by Gasteiger charge is 2.26. The summed E-state index contributed by atoms with van der Waals surface area (Å²) in [5.41, 5.74) is 1.86. The van der Waals surface area contributed by atoms with Crippen LogP contribution in [0.15, 0.2) is 30.5 Å². The third kappa shape index (κ3) is 2.14. The first kappa shape index (κ1) is 12.3. The van der Waals surface area contributed by atoms with E-state index in [1.807, 2.05) is 30.5 Å². The molecule has 1 heterocycles. The number of aromatic nitrogens is 1. The van der Waals surface area contributed by atoms with E-state index < -0.39 is 0 Å². The molecule has 1 saturated carbocycles. The lowest BCUT2D eigenvalue weighted by Gasteiger charge is -2.28. The van der Waals surface area contributed by atoms with Crippen molar-refractivity contribution in [2.75, 3.05) is 6.54 Å². The van der Waals surface area contributed by atoms with E-state index in [9.17, 15) is 4.79 Å². The molecular formula is C16H20N2O. The first-order valence-corrected chi connectivity index (χ1v) is 7.18. The van der Waals surface area contributed by atoms with Crippen molar-refractivity contribution in [2.45, 2.75) is 38.6 Å². The van der Waals surface area contributed by atoms with Crippen LogP contribution in [-0.4, -0.2) is 28.4 Å². The average Bonchev–Trinajstić information content (AvgIpc) is 3.09. The molecular weight excluding hydrogens is 236 g/mol. The molecule has 3 rings (SSSR count). The maximum Gasteiger partial charge on any atom is 0.254 e. The molecule has 19 heavy (non-hydrogen) atoms. The quantitative estimate of drug-likeness (QED) is 0.895. The van der Waals surface area contributed by atoms with E-state index in [-0.39, 0.29) is 5.91 Å². The molecule has 2 aromatic rings. The van der Waals surface area contributed by atoms with Gasteiger partial charge in [-0.1, -0.05) is 18.9 Å². The van der Waals surface area contributed by atoms with E-state index in [1.165, 1.54) is 12.8 Å². The molecule has 0 radical (unpaired) electrons. The van der Waals surface area contributed by atoms with Gasteiger partial charge in [0.2, 0.25) is 0 Å². The van der Waals surface area contributed by atoms with Crippen molar-refractivity contribution < 1.29 is 4.79 Å². The molecule has 1 aliphatic carbocycles. The fourth-order valence-corrected chi connectivity index (χ4v) is 3.21. The minimum Gasteiger partial charge on any atom is -0.361 e. The molecule has 0 aliphatic heterocycles. The Labute approximate surface area is 113 Å². The van der Waals surface area contributed by atoms with Crippen LogP contribution in [0.5, 0.6) is 0 Å². The SMILES string of the molecule is CCN(C(=O)c1cccc2[nH]ccc12)C1CCCC1. The van der Waals surface area contributed by atoms with Crippen LogP contribution < -0.4 is 0 Å². The molecule has 1 aliphatic rings. The van der Waals surface area contributed by atoms with Crippen molar-refractivity contribution in [1.29, 1.82) is 0 Å². The molecule has 1 amide bonds. The Kier molecular flexibility index (Phi) is 3.28. The minimum absolute atomic E-state index is 0.180. The van der Waals surface area contributed by atoms with Gasteiger partial charge in [0.15, 0.2) is 0 Å². The van der Waals surface area contributed by atoms with Gasteiger partial charge in [0.1, 0.15) is 0 Å². The predicted octanol–water partition coefficient (Wildman–Crippen LogP) is 3.57. The highest BCUT2D eigenvalue weighted by Crippen LogP contribution is 2.26. The van der Waals surface area contributed by atoms with Crippen LogP contribution in [0, 0.1) is 0 Å². The van der Waals surface area contributed by atoms with Gasteiger partial charge in [-0.05, 0) is 38.0 Å². The maximum atomic E-state index is 12.8. The first-order valence-electron chi connectivity index (χ1n) is 7.18. The third-order valence-electron chi connectivity index (χ3n) is 4.19. The Bertz CT molecular complexity index is 581. The number of carbonyl (C=O) groups is 1. The number of aromatic amines is 1. The van der Waals surface area contributed by atoms with E-state index >= 15 is 0 Å². The molecule has 100 valence electrons. The Morgan fingerprint density at radius 1 is 1.32 bits per heavy atom. The van der Waals surface area contributed by atoms with Crippen molar-refractivity contribution in [2.24, 2.45) is 0 Å². The lowest BCUT2D eigenvalue weighted by Crippen LogP contribution is -2.38. The summed E-state index contributed by atoms with van der Waals surface area (Å²) in [6.07, 6.45) is 6.71. The van der Waals surface area contributed by atoms with Crippen molar-refractivity contribution >= 4 is 16.8 Å². The monoisotopic (exact) mass is 256 g/mol. The molecule has 3 nitrogen and oxygen atoms in total. The molecule has 1 fully saturated rings. The summed E-state index contributed by atoms with van der Waals surface area (Å²) >= 11 is 0. The molecule has 0 spiro atoms. The second-order valence-electron chi connectivity index (χ2n) is 5.27. The van der Waals surface area contributed by atoms with Crippen LogP contribution in [0.3, 0.4) is 0 Å². The van der Waals surface area contributed by atoms with Gasteiger partial charge in [0.05, 0.1) is 0 Å². The van der Waals surface area contributed by atoms with E-state index in [0.717, 1.165) is 35.9 Å². The summed E-state index contributed by atoms with van der Waals surface area (Å²) in [4.78, 5) is 18.0. The van der Waals surface area contributed by atoms with Gasteiger partial charge in [-0.3, -0.25) is 4.79 Å². The number of carbonyl (C=O) groups excluding carboxylic acids is 1. The van der Waals surface area contributed by atoms with Gasteiger partial charge >= 0.3 is 0 Å². The lowest BCUT2D eigenvalue weighted by molar-refractivity contribution is 0.0695. The van der Waals surface area contributed by atoms with Crippen LogP contribution >= 0.6 is 0 Å². The lowest BCUT2D eigenvalue weighted by atomic mass is 10.1. The Morgan fingerprint density at radius 2 is 2.11 bits per heavy atom. The zero-order chi connectivity index (χ0) is 13.2.